The van der Waals surface area contributed by atoms with Crippen LogP contribution in [0.2, 0.25) is 0 Å². The Hall–Kier alpha value is -1.75. The SMILES string of the molecule is O=C(NCc1ccccc1OCC1CC1)NC1CCC(CO)CC1. The summed E-state index contributed by atoms with van der Waals surface area (Å²) in [4.78, 5) is 12.1. The van der Waals surface area contributed by atoms with Gasteiger partial charge < -0.3 is 20.5 Å². The van der Waals surface area contributed by atoms with Crippen molar-refractivity contribution in [2.75, 3.05) is 13.2 Å². The average Bonchev–Trinajstić information content (AvgIpc) is 3.44. The topological polar surface area (TPSA) is 70.6 Å². The average molecular weight is 332 g/mol. The van der Waals surface area contributed by atoms with E-state index in [1.807, 2.05) is 24.3 Å². The smallest absolute Gasteiger partial charge is 0.315 e. The van der Waals surface area contributed by atoms with Gasteiger partial charge in [0.2, 0.25) is 0 Å². The lowest BCUT2D eigenvalue weighted by Crippen LogP contribution is -2.43. The van der Waals surface area contributed by atoms with E-state index in [2.05, 4.69) is 10.6 Å². The third-order valence-corrected chi connectivity index (χ3v) is 5.02. The van der Waals surface area contributed by atoms with Gasteiger partial charge in [-0.25, -0.2) is 4.79 Å². The monoisotopic (exact) mass is 332 g/mol. The van der Waals surface area contributed by atoms with Gasteiger partial charge in [-0.2, -0.15) is 0 Å². The van der Waals surface area contributed by atoms with Gasteiger partial charge in [-0.05, 0) is 56.4 Å². The number of amides is 2. The van der Waals surface area contributed by atoms with Crippen molar-refractivity contribution in [1.82, 2.24) is 10.6 Å². The first-order chi connectivity index (χ1) is 11.7. The quantitative estimate of drug-likeness (QED) is 0.719. The second-order valence-electron chi connectivity index (χ2n) is 7.09. The summed E-state index contributed by atoms with van der Waals surface area (Å²) in [6, 6.07) is 7.98. The summed E-state index contributed by atoms with van der Waals surface area (Å²) in [7, 11) is 0. The molecule has 0 aliphatic heterocycles. The molecule has 2 saturated carbocycles. The predicted octanol–water partition coefficient (Wildman–Crippen LogP) is 2.83. The molecule has 0 heterocycles. The molecule has 1 aromatic rings. The highest BCUT2D eigenvalue weighted by Gasteiger charge is 2.23. The minimum atomic E-state index is -0.126. The number of nitrogens with one attached hydrogen (secondary N) is 2. The molecule has 0 saturated heterocycles. The normalized spacial score (nSPS) is 23.5. The van der Waals surface area contributed by atoms with Crippen molar-refractivity contribution in [2.24, 2.45) is 11.8 Å². The Kier molecular flexibility index (Phi) is 5.96. The summed E-state index contributed by atoms with van der Waals surface area (Å²) in [5, 5.41) is 15.1. The third-order valence-electron chi connectivity index (χ3n) is 5.02. The van der Waals surface area contributed by atoms with Gasteiger partial charge in [0.05, 0.1) is 6.61 Å². The van der Waals surface area contributed by atoms with Gasteiger partial charge >= 0.3 is 6.03 Å². The van der Waals surface area contributed by atoms with Crippen LogP contribution in [-0.2, 0) is 6.54 Å². The molecule has 2 amide bonds. The van der Waals surface area contributed by atoms with Crippen LogP contribution in [0.4, 0.5) is 4.79 Å². The van der Waals surface area contributed by atoms with Gasteiger partial charge in [0.1, 0.15) is 5.75 Å². The molecule has 0 spiro atoms. The van der Waals surface area contributed by atoms with Gasteiger partial charge in [-0.3, -0.25) is 0 Å². The number of carbonyl (C=O) groups is 1. The van der Waals surface area contributed by atoms with Crippen LogP contribution in [0, 0.1) is 11.8 Å². The Morgan fingerprint density at radius 1 is 1.08 bits per heavy atom. The van der Waals surface area contributed by atoms with Crippen molar-refractivity contribution in [1.29, 1.82) is 0 Å². The van der Waals surface area contributed by atoms with E-state index < -0.39 is 0 Å². The lowest BCUT2D eigenvalue weighted by atomic mass is 9.87. The van der Waals surface area contributed by atoms with E-state index in [1.54, 1.807) is 0 Å². The van der Waals surface area contributed by atoms with E-state index in [0.717, 1.165) is 43.6 Å². The van der Waals surface area contributed by atoms with Crippen LogP contribution in [0.3, 0.4) is 0 Å². The van der Waals surface area contributed by atoms with Crippen LogP contribution in [0.15, 0.2) is 24.3 Å². The summed E-state index contributed by atoms with van der Waals surface area (Å²) in [6.07, 6.45) is 6.39. The van der Waals surface area contributed by atoms with Gasteiger partial charge in [-0.1, -0.05) is 18.2 Å². The minimum Gasteiger partial charge on any atom is -0.493 e. The fourth-order valence-electron chi connectivity index (χ4n) is 3.18. The molecule has 3 N–H and O–H groups in total. The fourth-order valence-corrected chi connectivity index (χ4v) is 3.18. The molecule has 24 heavy (non-hydrogen) atoms. The standard InChI is InChI=1S/C19H28N2O3/c22-12-14-7-9-17(10-8-14)21-19(23)20-11-16-3-1-2-4-18(16)24-13-15-5-6-15/h1-4,14-15,17,22H,5-13H2,(H2,20,21,23). The Morgan fingerprint density at radius 2 is 1.79 bits per heavy atom. The van der Waals surface area contributed by atoms with Gasteiger partial charge in [-0.15, -0.1) is 0 Å². The van der Waals surface area contributed by atoms with E-state index in [0.29, 0.717) is 18.4 Å². The largest absolute Gasteiger partial charge is 0.493 e. The number of rotatable bonds is 7. The second kappa shape index (κ2) is 8.38. The maximum Gasteiger partial charge on any atom is 0.315 e. The molecular formula is C19H28N2O3. The zero-order chi connectivity index (χ0) is 16.8. The van der Waals surface area contributed by atoms with Crippen LogP contribution in [0.5, 0.6) is 5.75 Å². The predicted molar refractivity (Wildman–Crippen MR) is 92.9 cm³/mol. The third kappa shape index (κ3) is 5.13. The molecule has 0 unspecified atom stereocenters. The fraction of sp³-hybridized carbons (Fsp3) is 0.632. The van der Waals surface area contributed by atoms with Crippen LogP contribution in [0.25, 0.3) is 0 Å². The van der Waals surface area contributed by atoms with Crippen molar-refractivity contribution in [3.63, 3.8) is 0 Å². The van der Waals surface area contributed by atoms with E-state index in [9.17, 15) is 4.79 Å². The van der Waals surface area contributed by atoms with Crippen molar-refractivity contribution < 1.29 is 14.6 Å². The number of para-hydroxylation sites is 1. The molecule has 2 fully saturated rings. The molecule has 5 nitrogen and oxygen atoms in total. The molecule has 0 aromatic heterocycles. The maximum absolute atomic E-state index is 12.1. The molecule has 0 radical (unpaired) electrons. The van der Waals surface area contributed by atoms with E-state index >= 15 is 0 Å². The summed E-state index contributed by atoms with van der Waals surface area (Å²) in [6.45, 7) is 1.51. The zero-order valence-electron chi connectivity index (χ0n) is 14.2. The van der Waals surface area contributed by atoms with E-state index in [4.69, 9.17) is 9.84 Å². The Balaban J connectivity index is 1.42. The number of aliphatic hydroxyl groups excluding tert-OH is 1. The van der Waals surface area contributed by atoms with E-state index in [-0.39, 0.29) is 18.7 Å². The van der Waals surface area contributed by atoms with Crippen LogP contribution in [0.1, 0.15) is 44.1 Å². The van der Waals surface area contributed by atoms with Crippen LogP contribution >= 0.6 is 0 Å². The first-order valence-corrected chi connectivity index (χ1v) is 9.10. The van der Waals surface area contributed by atoms with Crippen molar-refractivity contribution >= 4 is 6.03 Å². The molecule has 2 aliphatic rings. The van der Waals surface area contributed by atoms with Gasteiger partial charge in [0.25, 0.3) is 0 Å². The number of ether oxygens (including phenoxy) is 1. The lowest BCUT2D eigenvalue weighted by molar-refractivity contribution is 0.174. The van der Waals surface area contributed by atoms with Crippen LogP contribution in [-0.4, -0.2) is 30.4 Å². The van der Waals surface area contributed by atoms with Crippen molar-refractivity contribution in [3.05, 3.63) is 29.8 Å². The van der Waals surface area contributed by atoms with Crippen molar-refractivity contribution in [2.45, 2.75) is 51.1 Å². The summed E-state index contributed by atoms with van der Waals surface area (Å²) in [5.41, 5.74) is 1.01. The molecule has 2 aliphatic carbocycles. The molecule has 5 heteroatoms. The zero-order valence-corrected chi connectivity index (χ0v) is 14.2. The van der Waals surface area contributed by atoms with E-state index in [1.165, 1.54) is 12.8 Å². The molecule has 0 bridgehead atoms. The highest BCUT2D eigenvalue weighted by atomic mass is 16.5. The van der Waals surface area contributed by atoms with Crippen LogP contribution < -0.4 is 15.4 Å². The number of urea groups is 1. The van der Waals surface area contributed by atoms with Gasteiger partial charge in [0.15, 0.2) is 0 Å². The number of benzene rings is 1. The summed E-state index contributed by atoms with van der Waals surface area (Å²) >= 11 is 0. The van der Waals surface area contributed by atoms with Gasteiger partial charge in [0, 0.05) is 24.8 Å². The molecule has 1 aromatic carbocycles. The molecule has 0 atom stereocenters. The number of hydrogen-bond acceptors (Lipinski definition) is 3. The Morgan fingerprint density at radius 3 is 2.50 bits per heavy atom. The minimum absolute atomic E-state index is 0.126. The highest BCUT2D eigenvalue weighted by molar-refractivity contribution is 5.74. The first kappa shape index (κ1) is 17.1. The number of aliphatic hydroxyl groups is 1. The summed E-state index contributed by atoms with van der Waals surface area (Å²) < 4.78 is 5.87. The summed E-state index contributed by atoms with van der Waals surface area (Å²) in [5.74, 6) is 1.98. The second-order valence-corrected chi connectivity index (χ2v) is 7.09. The lowest BCUT2D eigenvalue weighted by Gasteiger charge is -2.28. The first-order valence-electron chi connectivity index (χ1n) is 9.10. The molecule has 132 valence electrons. The molecule has 3 rings (SSSR count). The number of hydrogen-bond donors (Lipinski definition) is 3. The Labute approximate surface area is 143 Å². The van der Waals surface area contributed by atoms with Crippen molar-refractivity contribution in [3.8, 4) is 5.75 Å². The molecular weight excluding hydrogens is 304 g/mol. The number of carbonyl (C=O) groups excluding carboxylic acids is 1. The Bertz CT molecular complexity index is 537. The maximum atomic E-state index is 12.1. The highest BCUT2D eigenvalue weighted by Crippen LogP contribution is 2.30.